The predicted octanol–water partition coefficient (Wildman–Crippen LogP) is 9.11. The SMILES string of the molecule is CCN(CC)CCNC(=O)c1ccc(CNC2=C(Cl)C(=O)c3ccccc3C2=O)cc1.CN(C)CCNC(=O)c1ccc(CNC2=C(Cl)C(=O)c3ccccc3C2=O)cc1.O=C(NCCN1CCCC1)c1ccc(CNC2=C(Cl)C(=O)c3ccccc3C2=O)cc1. The second-order valence-corrected chi connectivity index (χ2v) is 23.1. The van der Waals surface area contributed by atoms with E-state index in [9.17, 15) is 43.2 Å². The number of likely N-dealkylation sites (N-methyl/N-ethyl adjacent to an activating group) is 2. The Morgan fingerprint density at radius 3 is 0.989 bits per heavy atom. The number of likely N-dealkylation sites (tertiary alicyclic amines) is 1. The topological polar surface area (TPSA) is 236 Å². The quantitative estimate of drug-likeness (QED) is 0.0351. The first kappa shape index (κ1) is 68.0. The molecule has 0 radical (unpaired) electrons. The molecule has 6 aromatic rings. The molecule has 472 valence electrons. The minimum atomic E-state index is -0.367. The number of nitrogens with one attached hydrogen (secondary N) is 6. The Bertz CT molecular complexity index is 3660. The summed E-state index contributed by atoms with van der Waals surface area (Å²) in [4.78, 5) is 119. The maximum absolute atomic E-state index is 12.7. The van der Waals surface area contributed by atoms with E-state index < -0.39 is 0 Å². The number of nitrogens with zero attached hydrogens (tertiary/aromatic N) is 3. The number of halogens is 3. The summed E-state index contributed by atoms with van der Waals surface area (Å²) in [7, 11) is 3.89. The molecule has 21 heteroatoms. The van der Waals surface area contributed by atoms with Gasteiger partial charge in [-0.25, -0.2) is 0 Å². The van der Waals surface area contributed by atoms with E-state index in [1.165, 1.54) is 12.8 Å². The lowest BCUT2D eigenvalue weighted by atomic mass is 9.92. The molecule has 3 amide bonds. The van der Waals surface area contributed by atoms with Crippen LogP contribution in [0.25, 0.3) is 0 Å². The van der Waals surface area contributed by atoms with Gasteiger partial charge in [0.1, 0.15) is 32.2 Å². The van der Waals surface area contributed by atoms with Gasteiger partial charge in [0, 0.05) is 109 Å². The summed E-state index contributed by atoms with van der Waals surface area (Å²) in [6, 6.07) is 41.2. The number of ketones is 6. The minimum Gasteiger partial charge on any atom is -0.376 e. The molecule has 0 unspecified atom stereocenters. The van der Waals surface area contributed by atoms with Crippen LogP contribution in [0.4, 0.5) is 0 Å². The Morgan fingerprint density at radius 1 is 0.407 bits per heavy atom. The van der Waals surface area contributed by atoms with Crippen molar-refractivity contribution in [2.24, 2.45) is 0 Å². The summed E-state index contributed by atoms with van der Waals surface area (Å²) in [5.74, 6) is -2.36. The van der Waals surface area contributed by atoms with Gasteiger partial charge in [0.15, 0.2) is 0 Å². The molecule has 1 heterocycles. The molecule has 1 fully saturated rings. The average molecular weight is 1290 g/mol. The smallest absolute Gasteiger partial charge is 0.251 e. The molecule has 1 aliphatic heterocycles. The molecular formula is C70H72Cl3N9O9. The lowest BCUT2D eigenvalue weighted by molar-refractivity contribution is 0.0941. The first-order chi connectivity index (χ1) is 43.9. The first-order valence-electron chi connectivity index (χ1n) is 30.1. The van der Waals surface area contributed by atoms with E-state index in [-0.39, 0.29) is 84.6 Å². The van der Waals surface area contributed by atoms with Gasteiger partial charge >= 0.3 is 0 Å². The van der Waals surface area contributed by atoms with Gasteiger partial charge in [-0.1, -0.05) is 158 Å². The molecule has 18 nitrogen and oxygen atoms in total. The summed E-state index contributed by atoms with van der Waals surface area (Å²) >= 11 is 18.5. The molecule has 91 heavy (non-hydrogen) atoms. The van der Waals surface area contributed by atoms with E-state index in [2.05, 4.69) is 55.5 Å². The maximum atomic E-state index is 12.7. The van der Waals surface area contributed by atoms with E-state index in [1.807, 2.05) is 43.3 Å². The van der Waals surface area contributed by atoms with Crippen molar-refractivity contribution in [2.75, 3.05) is 79.5 Å². The molecular weight excluding hydrogens is 1220 g/mol. The van der Waals surface area contributed by atoms with Gasteiger partial charge in [-0.3, -0.25) is 43.2 Å². The fraction of sp³-hybridized carbons (Fsp3) is 0.271. The van der Waals surface area contributed by atoms with Crippen LogP contribution in [-0.2, 0) is 19.6 Å². The fourth-order valence-electron chi connectivity index (χ4n) is 10.3. The number of fused-ring (bicyclic) bond motifs is 3. The number of amides is 3. The van der Waals surface area contributed by atoms with Crippen LogP contribution in [0.2, 0.25) is 0 Å². The standard InChI is InChI=1S/C24H24ClN3O3.C24H26ClN3O3.C22H22ClN3O3/c25-20-21(23(30)19-6-2-1-5-18(19)22(20)29)27-15-16-7-9-17(10-8-16)24(31)26-11-14-28-12-3-4-13-28;1-3-28(4-2)14-13-26-24(31)17-11-9-16(10-12-17)15-27-21-20(25)22(29)18-7-5-6-8-19(18)23(21)30;1-26(2)12-11-24-22(29)15-9-7-14(8-10-15)13-25-19-18(23)20(27)16-5-3-4-6-17(16)21(19)28/h1-2,5-10,27H,3-4,11-15H2,(H,26,31);5-12,27H,3-4,13-15H2,1-2H3,(H,26,31);3-10,25H,11-13H2,1-2H3,(H,24,29). The Morgan fingerprint density at radius 2 is 0.692 bits per heavy atom. The molecule has 0 bridgehead atoms. The second-order valence-electron chi connectivity index (χ2n) is 22.0. The summed E-state index contributed by atoms with van der Waals surface area (Å²) in [6.07, 6.45) is 2.47. The van der Waals surface area contributed by atoms with Gasteiger partial charge in [-0.15, -0.1) is 0 Å². The number of benzene rings is 6. The number of rotatable bonds is 23. The third-order valence-electron chi connectivity index (χ3n) is 15.6. The third-order valence-corrected chi connectivity index (χ3v) is 16.7. The highest BCUT2D eigenvalue weighted by molar-refractivity contribution is 6.51. The molecule has 1 saturated heterocycles. The van der Waals surface area contributed by atoms with Crippen molar-refractivity contribution < 1.29 is 43.2 Å². The number of Topliss-reactive ketones (excluding diaryl/α,β-unsaturated/α-hetero) is 6. The Labute approximate surface area is 544 Å². The molecule has 10 rings (SSSR count). The van der Waals surface area contributed by atoms with Gasteiger partial charge in [-0.05, 0) is 106 Å². The van der Waals surface area contributed by atoms with Crippen LogP contribution in [0.5, 0.6) is 0 Å². The Balaban J connectivity index is 0.000000176. The van der Waals surface area contributed by atoms with Crippen LogP contribution in [0, 0.1) is 0 Å². The number of hydrogen-bond acceptors (Lipinski definition) is 15. The average Bonchev–Trinajstić information content (AvgIpc) is 1.24. The summed E-state index contributed by atoms with van der Waals surface area (Å²) in [5, 5.41) is 17.4. The molecule has 0 saturated carbocycles. The largest absolute Gasteiger partial charge is 0.376 e. The number of carbonyl (C=O) groups is 9. The van der Waals surface area contributed by atoms with Crippen LogP contribution in [0.1, 0.15) is 137 Å². The zero-order valence-electron chi connectivity index (χ0n) is 51.1. The predicted molar refractivity (Wildman–Crippen MR) is 353 cm³/mol. The van der Waals surface area contributed by atoms with Crippen molar-refractivity contribution in [1.29, 1.82) is 0 Å². The van der Waals surface area contributed by atoms with Crippen LogP contribution >= 0.6 is 34.8 Å². The second kappa shape index (κ2) is 32.7. The van der Waals surface area contributed by atoms with E-state index in [0.717, 1.165) is 62.5 Å². The third kappa shape index (κ3) is 17.5. The normalized spacial score (nSPS) is 14.5. The highest BCUT2D eigenvalue weighted by atomic mass is 35.5. The highest BCUT2D eigenvalue weighted by Crippen LogP contribution is 2.30. The number of allylic oxidation sites excluding steroid dienone is 6. The van der Waals surface area contributed by atoms with Gasteiger partial charge in [0.25, 0.3) is 17.7 Å². The molecule has 6 N–H and O–H groups in total. The van der Waals surface area contributed by atoms with Crippen LogP contribution in [0.15, 0.2) is 178 Å². The van der Waals surface area contributed by atoms with Crippen molar-refractivity contribution in [3.8, 4) is 0 Å². The van der Waals surface area contributed by atoms with Crippen LogP contribution in [-0.4, -0.2) is 147 Å². The molecule has 0 aromatic heterocycles. The summed E-state index contributed by atoms with van der Waals surface area (Å²) in [5.41, 5.74) is 6.58. The molecule has 3 aliphatic carbocycles. The molecule has 0 atom stereocenters. The lowest BCUT2D eigenvalue weighted by Crippen LogP contribution is -2.34. The van der Waals surface area contributed by atoms with Crippen LogP contribution < -0.4 is 31.9 Å². The van der Waals surface area contributed by atoms with E-state index >= 15 is 0 Å². The van der Waals surface area contributed by atoms with Crippen molar-refractivity contribution in [3.63, 3.8) is 0 Å². The van der Waals surface area contributed by atoms with Gasteiger partial charge in [0.05, 0.1) is 0 Å². The zero-order valence-corrected chi connectivity index (χ0v) is 53.4. The van der Waals surface area contributed by atoms with E-state index in [4.69, 9.17) is 34.8 Å². The highest BCUT2D eigenvalue weighted by Gasteiger charge is 2.34. The van der Waals surface area contributed by atoms with E-state index in [1.54, 1.807) is 121 Å². The Kier molecular flexibility index (Phi) is 24.5. The van der Waals surface area contributed by atoms with Crippen LogP contribution in [0.3, 0.4) is 0 Å². The monoisotopic (exact) mass is 1290 g/mol. The molecule has 4 aliphatic rings. The number of carbonyl (C=O) groups excluding carboxylic acids is 9. The molecule has 0 spiro atoms. The zero-order chi connectivity index (χ0) is 65.1. The fourth-order valence-corrected chi connectivity index (χ4v) is 11.1. The molecule has 6 aromatic carbocycles. The Hall–Kier alpha value is -8.88. The van der Waals surface area contributed by atoms with Crippen molar-refractivity contribution in [2.45, 2.75) is 46.3 Å². The minimum absolute atomic E-state index is 0.0980. The van der Waals surface area contributed by atoms with Gasteiger partial charge < -0.3 is 46.6 Å². The summed E-state index contributed by atoms with van der Waals surface area (Å²) in [6.45, 7) is 13.5. The summed E-state index contributed by atoms with van der Waals surface area (Å²) < 4.78 is 0. The van der Waals surface area contributed by atoms with Gasteiger partial charge in [0.2, 0.25) is 34.7 Å². The maximum Gasteiger partial charge on any atom is 0.251 e. The van der Waals surface area contributed by atoms with E-state index in [0.29, 0.717) is 89.3 Å². The van der Waals surface area contributed by atoms with Crippen molar-refractivity contribution in [1.82, 2.24) is 46.6 Å². The van der Waals surface area contributed by atoms with Crippen molar-refractivity contribution in [3.05, 3.63) is 245 Å². The lowest BCUT2D eigenvalue weighted by Gasteiger charge is -2.19. The first-order valence-corrected chi connectivity index (χ1v) is 31.2. The number of hydrogen-bond donors (Lipinski definition) is 6. The van der Waals surface area contributed by atoms with Crippen molar-refractivity contribution >= 4 is 87.2 Å². The van der Waals surface area contributed by atoms with Gasteiger partial charge in [-0.2, -0.15) is 0 Å².